The molecule has 2 amide bonds. The first-order valence-corrected chi connectivity index (χ1v) is 13.2. The highest BCUT2D eigenvalue weighted by molar-refractivity contribution is 7.10. The molecule has 2 aromatic rings. The third-order valence-corrected chi connectivity index (χ3v) is 7.44. The van der Waals surface area contributed by atoms with Crippen LogP contribution in [-0.4, -0.2) is 41.2 Å². The van der Waals surface area contributed by atoms with Crippen molar-refractivity contribution in [2.45, 2.75) is 59.9 Å². The summed E-state index contributed by atoms with van der Waals surface area (Å²) in [5, 5.41) is 3.18. The van der Waals surface area contributed by atoms with Gasteiger partial charge in [0.05, 0.1) is 12.6 Å². The van der Waals surface area contributed by atoms with E-state index in [1.165, 1.54) is 4.88 Å². The highest BCUT2D eigenvalue weighted by atomic mass is 35.5. The monoisotopic (exact) mass is 508 g/mol. The number of thiophene rings is 1. The summed E-state index contributed by atoms with van der Waals surface area (Å²) >= 11 is 14.5. The van der Waals surface area contributed by atoms with Gasteiger partial charge in [-0.25, -0.2) is 0 Å². The first-order chi connectivity index (χ1) is 15.5. The van der Waals surface area contributed by atoms with Crippen LogP contribution in [0.25, 0.3) is 0 Å². The summed E-state index contributed by atoms with van der Waals surface area (Å²) < 4.78 is 0. The minimum atomic E-state index is -0.276. The van der Waals surface area contributed by atoms with Crippen molar-refractivity contribution < 1.29 is 9.59 Å². The number of hydrogen-bond donors (Lipinski definition) is 0. The van der Waals surface area contributed by atoms with Crippen molar-refractivity contribution in [3.05, 3.63) is 55.7 Å². The van der Waals surface area contributed by atoms with E-state index >= 15 is 0 Å². The van der Waals surface area contributed by atoms with Gasteiger partial charge in [0, 0.05) is 34.4 Å². The molecule has 0 N–H and O–H groups in total. The van der Waals surface area contributed by atoms with Crippen LogP contribution in [0, 0.1) is 11.3 Å². The molecule has 0 saturated carbocycles. The molecule has 0 spiro atoms. The van der Waals surface area contributed by atoms with Crippen molar-refractivity contribution in [3.8, 4) is 0 Å². The van der Waals surface area contributed by atoms with Gasteiger partial charge in [-0.3, -0.25) is 9.59 Å². The van der Waals surface area contributed by atoms with Gasteiger partial charge >= 0.3 is 0 Å². The zero-order chi connectivity index (χ0) is 24.3. The van der Waals surface area contributed by atoms with Crippen LogP contribution in [0.15, 0.2) is 29.6 Å². The summed E-state index contributed by atoms with van der Waals surface area (Å²) in [5.41, 5.74) is 1.84. The Morgan fingerprint density at radius 3 is 2.55 bits per heavy atom. The first kappa shape index (κ1) is 26.1. The molecule has 1 atom stereocenters. The molecule has 1 aromatic carbocycles. The Morgan fingerprint density at radius 2 is 1.91 bits per heavy atom. The van der Waals surface area contributed by atoms with Crippen LogP contribution in [0.5, 0.6) is 0 Å². The molecular weight excluding hydrogens is 475 g/mol. The fraction of sp³-hybridized carbons (Fsp3) is 0.538. The van der Waals surface area contributed by atoms with E-state index in [1.54, 1.807) is 22.3 Å². The molecule has 4 nitrogen and oxygen atoms in total. The van der Waals surface area contributed by atoms with E-state index in [1.807, 2.05) is 17.0 Å². The average Bonchev–Trinajstić information content (AvgIpc) is 3.18. The van der Waals surface area contributed by atoms with Gasteiger partial charge in [0.25, 0.3) is 0 Å². The highest BCUT2D eigenvalue weighted by Gasteiger charge is 2.35. The Morgan fingerprint density at radius 1 is 1.18 bits per heavy atom. The summed E-state index contributed by atoms with van der Waals surface area (Å²) in [6.07, 6.45) is 2.09. The lowest BCUT2D eigenvalue weighted by molar-refractivity contribution is -0.142. The number of fused-ring (bicyclic) bond motifs is 1. The minimum Gasteiger partial charge on any atom is -0.333 e. The van der Waals surface area contributed by atoms with E-state index < -0.39 is 0 Å². The molecular formula is C26H34Cl2N2O2S. The minimum absolute atomic E-state index is 0.0332. The van der Waals surface area contributed by atoms with Crippen molar-refractivity contribution in [3.63, 3.8) is 0 Å². The molecule has 0 bridgehead atoms. The number of rotatable bonds is 7. The summed E-state index contributed by atoms with van der Waals surface area (Å²) in [6.45, 7) is 11.7. The summed E-state index contributed by atoms with van der Waals surface area (Å²) in [5.74, 6) is 0.439. The van der Waals surface area contributed by atoms with Crippen LogP contribution in [0.2, 0.25) is 10.0 Å². The van der Waals surface area contributed by atoms with Crippen LogP contribution in [0.4, 0.5) is 0 Å². The third kappa shape index (κ3) is 6.74. The van der Waals surface area contributed by atoms with E-state index in [2.05, 4.69) is 46.1 Å². The van der Waals surface area contributed by atoms with Gasteiger partial charge < -0.3 is 9.80 Å². The molecule has 180 valence electrons. The molecule has 0 fully saturated rings. The molecule has 33 heavy (non-hydrogen) atoms. The Hall–Kier alpha value is -1.56. The molecule has 7 heteroatoms. The van der Waals surface area contributed by atoms with E-state index in [9.17, 15) is 9.59 Å². The fourth-order valence-corrected chi connectivity index (χ4v) is 5.58. The quantitative estimate of drug-likeness (QED) is 0.410. The van der Waals surface area contributed by atoms with Crippen molar-refractivity contribution in [1.82, 2.24) is 9.80 Å². The predicted molar refractivity (Wildman–Crippen MR) is 138 cm³/mol. The van der Waals surface area contributed by atoms with Gasteiger partial charge in [0.15, 0.2) is 0 Å². The maximum atomic E-state index is 13.7. The van der Waals surface area contributed by atoms with Gasteiger partial charge in [-0.05, 0) is 58.9 Å². The lowest BCUT2D eigenvalue weighted by atomic mass is 9.91. The molecule has 1 aromatic heterocycles. The highest BCUT2D eigenvalue weighted by Crippen LogP contribution is 2.41. The molecule has 2 heterocycles. The van der Waals surface area contributed by atoms with Crippen molar-refractivity contribution in [2.24, 2.45) is 11.3 Å². The molecule has 0 saturated heterocycles. The molecule has 1 aliphatic heterocycles. The van der Waals surface area contributed by atoms with Crippen LogP contribution in [-0.2, 0) is 16.0 Å². The smallest absolute Gasteiger partial charge is 0.242 e. The Kier molecular flexibility index (Phi) is 8.52. The predicted octanol–water partition coefficient (Wildman–Crippen LogP) is 6.84. The SMILES string of the molecule is CC(C)CCN(CC(=O)N1CCc2sccc2C1c1ccc(Cl)cc1Cl)C(=O)CC(C)(C)C. The van der Waals surface area contributed by atoms with Crippen LogP contribution in [0.1, 0.15) is 69.5 Å². The topological polar surface area (TPSA) is 40.6 Å². The van der Waals surface area contributed by atoms with E-state index in [0.717, 1.165) is 24.0 Å². The standard InChI is InChI=1S/C26H34Cl2N2O2S/c1-17(2)8-11-29(23(31)15-26(3,4)5)16-24(32)30-12-9-22-20(10-13-33-22)25(30)19-7-6-18(27)14-21(19)28/h6-7,10,13-14,17,25H,8-9,11-12,15-16H2,1-5H3. The Bertz CT molecular complexity index is 996. The fourth-order valence-electron chi connectivity index (χ4n) is 4.17. The first-order valence-electron chi connectivity index (χ1n) is 11.5. The lowest BCUT2D eigenvalue weighted by Crippen LogP contribution is -2.47. The number of carbonyl (C=O) groups excluding carboxylic acids is 2. The second-order valence-corrected chi connectivity index (χ2v) is 12.3. The van der Waals surface area contributed by atoms with E-state index in [4.69, 9.17) is 23.2 Å². The van der Waals surface area contributed by atoms with Crippen LogP contribution >= 0.6 is 34.5 Å². The Labute approximate surface area is 211 Å². The lowest BCUT2D eigenvalue weighted by Gasteiger charge is -2.38. The van der Waals surface area contributed by atoms with Crippen LogP contribution < -0.4 is 0 Å². The molecule has 3 rings (SSSR count). The van der Waals surface area contributed by atoms with E-state index in [-0.39, 0.29) is 29.8 Å². The maximum absolute atomic E-state index is 13.7. The van der Waals surface area contributed by atoms with Crippen molar-refractivity contribution in [2.75, 3.05) is 19.6 Å². The number of benzene rings is 1. The molecule has 0 radical (unpaired) electrons. The van der Waals surface area contributed by atoms with Crippen LogP contribution in [0.3, 0.4) is 0 Å². The molecule has 1 unspecified atom stereocenters. The largest absolute Gasteiger partial charge is 0.333 e. The summed E-state index contributed by atoms with van der Waals surface area (Å²) in [6, 6.07) is 7.25. The zero-order valence-corrected chi connectivity index (χ0v) is 22.5. The zero-order valence-electron chi connectivity index (χ0n) is 20.2. The average molecular weight is 510 g/mol. The van der Waals surface area contributed by atoms with E-state index in [0.29, 0.717) is 35.5 Å². The number of nitrogens with zero attached hydrogens (tertiary/aromatic N) is 2. The summed E-state index contributed by atoms with van der Waals surface area (Å²) in [4.78, 5) is 31.7. The second-order valence-electron chi connectivity index (χ2n) is 10.4. The van der Waals surface area contributed by atoms with Gasteiger partial charge in [-0.1, -0.05) is 63.9 Å². The number of hydrogen-bond acceptors (Lipinski definition) is 3. The summed E-state index contributed by atoms with van der Waals surface area (Å²) in [7, 11) is 0. The van der Waals surface area contributed by atoms with Gasteiger partial charge in [0.2, 0.25) is 11.8 Å². The maximum Gasteiger partial charge on any atom is 0.242 e. The third-order valence-electron chi connectivity index (χ3n) is 5.88. The van der Waals surface area contributed by atoms with Gasteiger partial charge in [-0.2, -0.15) is 0 Å². The second kappa shape index (κ2) is 10.8. The normalized spacial score (nSPS) is 16.1. The van der Waals surface area contributed by atoms with Crippen molar-refractivity contribution >= 4 is 46.4 Å². The molecule has 0 aliphatic carbocycles. The van der Waals surface area contributed by atoms with Crippen molar-refractivity contribution in [1.29, 1.82) is 0 Å². The molecule has 1 aliphatic rings. The Balaban J connectivity index is 1.89. The number of amides is 2. The number of carbonyl (C=O) groups is 2. The number of halogens is 2. The van der Waals surface area contributed by atoms with Gasteiger partial charge in [-0.15, -0.1) is 11.3 Å². The van der Waals surface area contributed by atoms with Gasteiger partial charge in [0.1, 0.15) is 0 Å².